The van der Waals surface area contributed by atoms with Gasteiger partial charge >= 0.3 is 0 Å². The van der Waals surface area contributed by atoms with Crippen molar-refractivity contribution in [1.82, 2.24) is 0 Å². The summed E-state index contributed by atoms with van der Waals surface area (Å²) >= 11 is 13.6. The summed E-state index contributed by atoms with van der Waals surface area (Å²) in [6, 6.07) is 9.67. The summed E-state index contributed by atoms with van der Waals surface area (Å²) in [6.07, 6.45) is 0. The number of nitro benzene ring substituents is 1. The number of nitro groups is 1. The first-order valence-electron chi connectivity index (χ1n) is 5.58. The quantitative estimate of drug-likeness (QED) is 0.379. The van der Waals surface area contributed by atoms with Gasteiger partial charge in [-0.2, -0.15) is 0 Å². The Morgan fingerprint density at radius 3 is 2.55 bits per heavy atom. The van der Waals surface area contributed by atoms with Gasteiger partial charge in [0.25, 0.3) is 5.69 Å². The monoisotopic (exact) mass is 328 g/mol. The lowest BCUT2D eigenvalue weighted by molar-refractivity contribution is -0.384. The lowest BCUT2D eigenvalue weighted by Crippen LogP contribution is -1.90. The molecular formula is C13H10Cl2N2O2S. The van der Waals surface area contributed by atoms with Crippen molar-refractivity contribution in [2.45, 2.75) is 10.6 Å². The summed E-state index contributed by atoms with van der Waals surface area (Å²) in [5.41, 5.74) is 7.12. The van der Waals surface area contributed by atoms with Crippen LogP contribution in [0.5, 0.6) is 0 Å². The fraction of sp³-hybridized carbons (Fsp3) is 0.0769. The zero-order valence-corrected chi connectivity index (χ0v) is 12.5. The second-order valence-corrected chi connectivity index (χ2v) is 5.84. The number of nitrogen functional groups attached to an aromatic ring is 1. The minimum Gasteiger partial charge on any atom is -0.399 e. The Morgan fingerprint density at radius 1 is 1.15 bits per heavy atom. The van der Waals surface area contributed by atoms with E-state index in [1.807, 2.05) is 0 Å². The van der Waals surface area contributed by atoms with Crippen LogP contribution in [0, 0.1) is 10.1 Å². The highest BCUT2D eigenvalue weighted by molar-refractivity contribution is 7.98. The van der Waals surface area contributed by atoms with E-state index in [2.05, 4.69) is 0 Å². The van der Waals surface area contributed by atoms with Gasteiger partial charge in [-0.05, 0) is 29.8 Å². The number of nitrogens with two attached hydrogens (primary N) is 1. The van der Waals surface area contributed by atoms with Crippen LogP contribution in [0.25, 0.3) is 0 Å². The Bertz CT molecular complexity index is 665. The molecule has 0 aromatic heterocycles. The molecule has 0 aliphatic rings. The summed E-state index contributed by atoms with van der Waals surface area (Å²) in [7, 11) is 0. The normalized spacial score (nSPS) is 10.5. The lowest BCUT2D eigenvalue weighted by atomic mass is 10.2. The smallest absolute Gasteiger partial charge is 0.270 e. The molecule has 0 amide bonds. The van der Waals surface area contributed by atoms with Crippen molar-refractivity contribution in [3.63, 3.8) is 0 Å². The van der Waals surface area contributed by atoms with Crippen molar-refractivity contribution in [3.8, 4) is 0 Å². The van der Waals surface area contributed by atoms with Gasteiger partial charge in [0.1, 0.15) is 0 Å². The lowest BCUT2D eigenvalue weighted by Gasteiger charge is -2.07. The van der Waals surface area contributed by atoms with E-state index in [0.29, 0.717) is 21.5 Å². The number of hydrogen-bond donors (Lipinski definition) is 1. The van der Waals surface area contributed by atoms with Crippen molar-refractivity contribution >= 4 is 46.3 Å². The number of rotatable bonds is 4. The van der Waals surface area contributed by atoms with Gasteiger partial charge < -0.3 is 5.73 Å². The molecule has 7 heteroatoms. The molecule has 0 heterocycles. The van der Waals surface area contributed by atoms with Crippen LogP contribution in [0.1, 0.15) is 5.56 Å². The number of anilines is 1. The summed E-state index contributed by atoms with van der Waals surface area (Å²) in [6.45, 7) is 0. The fourth-order valence-corrected chi connectivity index (χ4v) is 3.14. The first-order chi connectivity index (χ1) is 9.47. The first-order valence-corrected chi connectivity index (χ1v) is 7.32. The standard InChI is InChI=1S/C13H10Cl2N2O2S/c14-11-4-2-9(16)5-13(11)20-7-8-1-3-10(17(18)19)6-12(8)15/h1-6H,7,16H2. The molecular weight excluding hydrogens is 319 g/mol. The molecule has 0 bridgehead atoms. The number of thioether (sulfide) groups is 1. The molecule has 0 saturated heterocycles. The molecule has 4 nitrogen and oxygen atoms in total. The topological polar surface area (TPSA) is 69.2 Å². The van der Waals surface area contributed by atoms with E-state index in [1.54, 1.807) is 24.3 Å². The number of non-ortho nitro benzene ring substituents is 1. The Hall–Kier alpha value is -1.43. The van der Waals surface area contributed by atoms with Crippen molar-refractivity contribution in [2.24, 2.45) is 0 Å². The predicted molar refractivity (Wildman–Crippen MR) is 83.5 cm³/mol. The molecule has 0 spiro atoms. The van der Waals surface area contributed by atoms with E-state index in [0.717, 1.165) is 10.5 Å². The number of nitrogens with zero attached hydrogens (tertiary/aromatic N) is 1. The van der Waals surface area contributed by atoms with Crippen LogP contribution in [0.15, 0.2) is 41.3 Å². The average Bonchev–Trinajstić information content (AvgIpc) is 2.40. The maximum absolute atomic E-state index is 10.6. The fourth-order valence-electron chi connectivity index (χ4n) is 1.55. The first kappa shape index (κ1) is 15.0. The molecule has 0 radical (unpaired) electrons. The molecule has 20 heavy (non-hydrogen) atoms. The minimum atomic E-state index is -0.475. The van der Waals surface area contributed by atoms with Crippen LogP contribution in [0.3, 0.4) is 0 Å². The van der Waals surface area contributed by atoms with Gasteiger partial charge in [-0.3, -0.25) is 10.1 Å². The highest BCUT2D eigenvalue weighted by Crippen LogP contribution is 2.33. The zero-order chi connectivity index (χ0) is 14.7. The summed E-state index contributed by atoms with van der Waals surface area (Å²) in [5, 5.41) is 11.6. The van der Waals surface area contributed by atoms with E-state index in [1.165, 1.54) is 23.9 Å². The third-order valence-corrected chi connectivity index (χ3v) is 4.48. The van der Waals surface area contributed by atoms with Gasteiger partial charge in [-0.15, -0.1) is 11.8 Å². The number of benzene rings is 2. The van der Waals surface area contributed by atoms with Gasteiger partial charge in [-0.25, -0.2) is 0 Å². The molecule has 0 aliphatic carbocycles. The molecule has 104 valence electrons. The average molecular weight is 329 g/mol. The molecule has 2 rings (SSSR count). The van der Waals surface area contributed by atoms with Crippen LogP contribution in [-0.2, 0) is 5.75 Å². The Kier molecular flexibility index (Phi) is 4.75. The third kappa shape index (κ3) is 3.56. The second-order valence-electron chi connectivity index (χ2n) is 4.01. The predicted octanol–water partition coefficient (Wildman–Crippen LogP) is 4.78. The van der Waals surface area contributed by atoms with Crippen LogP contribution < -0.4 is 5.73 Å². The van der Waals surface area contributed by atoms with Gasteiger partial charge in [0, 0.05) is 28.5 Å². The SMILES string of the molecule is Nc1ccc(Cl)c(SCc2ccc([N+](=O)[O-])cc2Cl)c1. The van der Waals surface area contributed by atoms with E-state index in [-0.39, 0.29) is 5.69 Å². The maximum atomic E-state index is 10.6. The highest BCUT2D eigenvalue weighted by Gasteiger charge is 2.10. The molecule has 0 fully saturated rings. The molecule has 2 aromatic carbocycles. The van der Waals surface area contributed by atoms with Crippen molar-refractivity contribution < 1.29 is 4.92 Å². The zero-order valence-electron chi connectivity index (χ0n) is 10.2. The molecule has 0 unspecified atom stereocenters. The molecule has 0 aliphatic heterocycles. The van der Waals surface area contributed by atoms with E-state index in [4.69, 9.17) is 28.9 Å². The van der Waals surface area contributed by atoms with Crippen molar-refractivity contribution in [1.29, 1.82) is 0 Å². The Morgan fingerprint density at radius 2 is 1.90 bits per heavy atom. The largest absolute Gasteiger partial charge is 0.399 e. The Labute approximate surface area is 130 Å². The summed E-state index contributed by atoms with van der Waals surface area (Å²) < 4.78 is 0. The summed E-state index contributed by atoms with van der Waals surface area (Å²) in [5.74, 6) is 0.556. The molecule has 0 atom stereocenters. The van der Waals surface area contributed by atoms with E-state index in [9.17, 15) is 10.1 Å². The van der Waals surface area contributed by atoms with E-state index >= 15 is 0 Å². The number of halogens is 2. The number of hydrogen-bond acceptors (Lipinski definition) is 4. The van der Waals surface area contributed by atoms with Gasteiger partial charge in [-0.1, -0.05) is 23.2 Å². The molecule has 2 aromatic rings. The Balaban J connectivity index is 2.15. The van der Waals surface area contributed by atoms with Gasteiger partial charge in [0.05, 0.1) is 15.0 Å². The molecule has 0 saturated carbocycles. The van der Waals surface area contributed by atoms with Crippen LogP contribution in [-0.4, -0.2) is 4.92 Å². The minimum absolute atomic E-state index is 0.0225. The molecule has 2 N–H and O–H groups in total. The second kappa shape index (κ2) is 6.35. The van der Waals surface area contributed by atoms with Gasteiger partial charge in [0.2, 0.25) is 0 Å². The van der Waals surface area contributed by atoms with Crippen molar-refractivity contribution in [2.75, 3.05) is 5.73 Å². The summed E-state index contributed by atoms with van der Waals surface area (Å²) in [4.78, 5) is 11.0. The van der Waals surface area contributed by atoms with Crippen LogP contribution >= 0.6 is 35.0 Å². The van der Waals surface area contributed by atoms with Crippen molar-refractivity contribution in [3.05, 3.63) is 62.1 Å². The maximum Gasteiger partial charge on any atom is 0.270 e. The van der Waals surface area contributed by atoms with Crippen LogP contribution in [0.4, 0.5) is 11.4 Å². The van der Waals surface area contributed by atoms with E-state index < -0.39 is 4.92 Å². The van der Waals surface area contributed by atoms with Crippen LogP contribution in [0.2, 0.25) is 10.0 Å². The third-order valence-electron chi connectivity index (χ3n) is 2.59. The highest BCUT2D eigenvalue weighted by atomic mass is 35.5. The van der Waals surface area contributed by atoms with Gasteiger partial charge in [0.15, 0.2) is 0 Å².